The second-order valence-electron chi connectivity index (χ2n) is 10.7. The number of likely N-dealkylation sites (tertiary alicyclic amines) is 1. The van der Waals surface area contributed by atoms with Gasteiger partial charge in [-0.25, -0.2) is 22.5 Å². The number of nitrogens with one attached hydrogen (secondary N) is 1. The van der Waals surface area contributed by atoms with E-state index in [0.29, 0.717) is 31.0 Å². The van der Waals surface area contributed by atoms with Gasteiger partial charge in [0.15, 0.2) is 11.6 Å². The first-order chi connectivity index (χ1) is 17.4. The van der Waals surface area contributed by atoms with E-state index in [-0.39, 0.29) is 34.4 Å². The molecule has 200 valence electrons. The molecule has 3 aromatic rings. The molecule has 0 bridgehead atoms. The van der Waals surface area contributed by atoms with E-state index in [9.17, 15) is 13.2 Å². The van der Waals surface area contributed by atoms with E-state index in [1.54, 1.807) is 18.2 Å². The van der Waals surface area contributed by atoms with Gasteiger partial charge in [-0.15, -0.1) is 0 Å². The molecule has 3 heterocycles. The lowest BCUT2D eigenvalue weighted by Crippen LogP contribution is -2.34. The van der Waals surface area contributed by atoms with E-state index in [0.717, 1.165) is 24.6 Å². The Morgan fingerprint density at radius 2 is 1.78 bits per heavy atom. The Hall–Kier alpha value is -2.65. The van der Waals surface area contributed by atoms with E-state index in [2.05, 4.69) is 20.3 Å². The fraction of sp³-hybridized carbons (Fsp3) is 0.481. The van der Waals surface area contributed by atoms with Crippen molar-refractivity contribution in [3.63, 3.8) is 0 Å². The maximum atomic E-state index is 15.0. The number of aryl methyl sites for hydroxylation is 1. The maximum absolute atomic E-state index is 15.0. The van der Waals surface area contributed by atoms with Gasteiger partial charge in [0.2, 0.25) is 0 Å². The number of pyridine rings is 1. The lowest BCUT2D eigenvalue weighted by molar-refractivity contribution is 0.145. The number of rotatable bonds is 7. The number of nitrogens with zero attached hydrogens (tertiary/aromatic N) is 4. The van der Waals surface area contributed by atoms with Crippen LogP contribution < -0.4 is 5.32 Å². The van der Waals surface area contributed by atoms with Crippen molar-refractivity contribution in [3.05, 3.63) is 69.5 Å². The molecule has 5 nitrogen and oxygen atoms in total. The van der Waals surface area contributed by atoms with E-state index in [1.165, 1.54) is 6.07 Å². The van der Waals surface area contributed by atoms with Crippen molar-refractivity contribution in [3.8, 4) is 0 Å². The van der Waals surface area contributed by atoms with Crippen LogP contribution in [0.5, 0.6) is 0 Å². The second kappa shape index (κ2) is 11.0. The van der Waals surface area contributed by atoms with Gasteiger partial charge in [-0.3, -0.25) is 9.58 Å². The number of benzene rings is 1. The summed E-state index contributed by atoms with van der Waals surface area (Å²) in [6.07, 6.45) is -1.28. The van der Waals surface area contributed by atoms with Crippen LogP contribution in [0.25, 0.3) is 0 Å². The fourth-order valence-electron chi connectivity index (χ4n) is 4.84. The van der Waals surface area contributed by atoms with Gasteiger partial charge in [-0.2, -0.15) is 5.10 Å². The average Bonchev–Trinajstić information content (AvgIpc) is 3.20. The summed E-state index contributed by atoms with van der Waals surface area (Å²) < 4.78 is 58.5. The lowest BCUT2D eigenvalue weighted by Gasteiger charge is -2.32. The van der Waals surface area contributed by atoms with Crippen LogP contribution in [0.1, 0.15) is 62.6 Å². The molecule has 1 saturated heterocycles. The van der Waals surface area contributed by atoms with Gasteiger partial charge >= 0.3 is 0 Å². The highest BCUT2D eigenvalue weighted by Gasteiger charge is 2.26. The van der Waals surface area contributed by atoms with Crippen LogP contribution in [0.2, 0.25) is 5.02 Å². The second-order valence-corrected chi connectivity index (χ2v) is 11.1. The minimum absolute atomic E-state index is 0.0200. The maximum Gasteiger partial charge on any atom is 0.266 e. The molecule has 4 rings (SSSR count). The van der Waals surface area contributed by atoms with Crippen molar-refractivity contribution < 1.29 is 17.6 Å². The third-order valence-corrected chi connectivity index (χ3v) is 6.98. The van der Waals surface area contributed by atoms with Crippen LogP contribution in [-0.4, -0.2) is 32.8 Å². The Bertz CT molecular complexity index is 1250. The zero-order valence-corrected chi connectivity index (χ0v) is 22.2. The highest BCUT2D eigenvalue weighted by molar-refractivity contribution is 6.30. The molecule has 0 aliphatic carbocycles. The largest absolute Gasteiger partial charge is 0.323 e. The Kier molecular flexibility index (Phi) is 8.14. The van der Waals surface area contributed by atoms with Crippen molar-refractivity contribution in [2.75, 3.05) is 18.4 Å². The first-order valence-corrected chi connectivity index (χ1v) is 12.8. The molecular formula is C27H32ClF4N5. The number of hydrogen-bond donors (Lipinski definition) is 1. The van der Waals surface area contributed by atoms with E-state index in [4.69, 9.17) is 11.6 Å². The van der Waals surface area contributed by atoms with Crippen LogP contribution in [0, 0.1) is 24.5 Å². The smallest absolute Gasteiger partial charge is 0.266 e. The molecule has 1 N–H and O–H groups in total. The van der Waals surface area contributed by atoms with Crippen LogP contribution in [0.3, 0.4) is 0 Å². The summed E-state index contributed by atoms with van der Waals surface area (Å²) in [4.78, 5) is 6.48. The number of halogens is 5. The first-order valence-electron chi connectivity index (χ1n) is 12.4. The molecular weight excluding hydrogens is 506 g/mol. The summed E-state index contributed by atoms with van der Waals surface area (Å²) >= 11 is 5.89. The molecule has 0 radical (unpaired) electrons. The summed E-state index contributed by atoms with van der Waals surface area (Å²) in [5.41, 5.74) is 0.520. The molecule has 2 aromatic heterocycles. The number of piperidine rings is 1. The molecule has 10 heteroatoms. The summed E-state index contributed by atoms with van der Waals surface area (Å²) in [7, 11) is 0. The zero-order chi connectivity index (χ0) is 26.9. The van der Waals surface area contributed by atoms with Crippen molar-refractivity contribution >= 4 is 23.2 Å². The zero-order valence-electron chi connectivity index (χ0n) is 21.5. The first kappa shape index (κ1) is 27.4. The van der Waals surface area contributed by atoms with Crippen molar-refractivity contribution in [1.29, 1.82) is 0 Å². The van der Waals surface area contributed by atoms with Gasteiger partial charge < -0.3 is 5.32 Å². The molecule has 1 aliphatic rings. The molecule has 1 aromatic carbocycles. The summed E-state index contributed by atoms with van der Waals surface area (Å²) in [6.45, 7) is 9.74. The van der Waals surface area contributed by atoms with E-state index < -0.39 is 23.6 Å². The van der Waals surface area contributed by atoms with Gasteiger partial charge in [-0.1, -0.05) is 23.7 Å². The summed E-state index contributed by atoms with van der Waals surface area (Å²) in [5, 5.41) is 7.60. The van der Waals surface area contributed by atoms with Gasteiger partial charge in [0.1, 0.15) is 11.6 Å². The standard InChI is InChI=1S/C27H32ClF4N5/c1-16-12-23(35-37(16)27(2,3)4)34-22-14-19(26(31)32)25(30)21(33-22)13-17-8-10-36(11-9-17)15-18-6-5-7-20(28)24(18)29/h5-7,12,14,17,26H,8-11,13,15H2,1-4H3,(H,33,34,35). The minimum atomic E-state index is -2.97. The van der Waals surface area contributed by atoms with Crippen molar-refractivity contribution in [2.45, 2.75) is 65.5 Å². The van der Waals surface area contributed by atoms with Crippen LogP contribution >= 0.6 is 11.6 Å². The molecule has 1 fully saturated rings. The molecule has 0 spiro atoms. The van der Waals surface area contributed by atoms with Gasteiger partial charge in [-0.05, 0) is 78.1 Å². The summed E-state index contributed by atoms with van der Waals surface area (Å²) in [6, 6.07) is 7.80. The summed E-state index contributed by atoms with van der Waals surface area (Å²) in [5.74, 6) is -0.701. The van der Waals surface area contributed by atoms with E-state index in [1.807, 2.05) is 32.4 Å². The molecule has 0 atom stereocenters. The third kappa shape index (κ3) is 6.44. The number of hydrogen-bond acceptors (Lipinski definition) is 4. The van der Waals surface area contributed by atoms with Gasteiger partial charge in [0.25, 0.3) is 6.43 Å². The van der Waals surface area contributed by atoms with Crippen LogP contribution in [0.15, 0.2) is 30.3 Å². The highest BCUT2D eigenvalue weighted by atomic mass is 35.5. The monoisotopic (exact) mass is 537 g/mol. The molecule has 0 unspecified atom stereocenters. The third-order valence-electron chi connectivity index (χ3n) is 6.68. The lowest BCUT2D eigenvalue weighted by atomic mass is 9.91. The Labute approximate surface area is 219 Å². The number of anilines is 2. The highest BCUT2D eigenvalue weighted by Crippen LogP contribution is 2.31. The predicted octanol–water partition coefficient (Wildman–Crippen LogP) is 7.41. The van der Waals surface area contributed by atoms with Crippen molar-refractivity contribution in [2.24, 2.45) is 5.92 Å². The predicted molar refractivity (Wildman–Crippen MR) is 138 cm³/mol. The molecule has 1 aliphatic heterocycles. The topological polar surface area (TPSA) is 46.0 Å². The number of aromatic nitrogens is 3. The Balaban J connectivity index is 1.47. The normalized spacial score (nSPS) is 15.5. The molecule has 37 heavy (non-hydrogen) atoms. The number of alkyl halides is 2. The average molecular weight is 538 g/mol. The Morgan fingerprint density at radius 3 is 2.41 bits per heavy atom. The SMILES string of the molecule is Cc1cc(Nc2cc(C(F)F)c(F)c(CC3CCN(Cc4cccc(Cl)c4F)CC3)n2)nn1C(C)(C)C. The van der Waals surface area contributed by atoms with Crippen molar-refractivity contribution in [1.82, 2.24) is 19.7 Å². The quantitative estimate of drug-likeness (QED) is 0.319. The molecule has 0 amide bonds. The van der Waals surface area contributed by atoms with Gasteiger partial charge in [0.05, 0.1) is 21.8 Å². The fourth-order valence-corrected chi connectivity index (χ4v) is 5.04. The van der Waals surface area contributed by atoms with Crippen LogP contribution in [-0.2, 0) is 18.5 Å². The van der Waals surface area contributed by atoms with Gasteiger partial charge in [0, 0.05) is 23.9 Å². The Morgan fingerprint density at radius 1 is 1.08 bits per heavy atom. The molecule has 0 saturated carbocycles. The van der Waals surface area contributed by atoms with E-state index >= 15 is 4.39 Å². The van der Waals surface area contributed by atoms with Crippen LogP contribution in [0.4, 0.5) is 29.2 Å². The minimum Gasteiger partial charge on any atom is -0.323 e.